The van der Waals surface area contributed by atoms with E-state index in [1.165, 1.54) is 22.5 Å². The third-order valence-corrected chi connectivity index (χ3v) is 6.46. The average molecular weight is 461 g/mol. The normalized spacial score (nSPS) is 12.0. The van der Waals surface area contributed by atoms with Gasteiger partial charge < -0.3 is 14.8 Å². The average Bonchev–Trinajstić information content (AvgIpc) is 2.73. The third kappa shape index (κ3) is 7.30. The number of carbonyl (C=O) groups is 2. The van der Waals surface area contributed by atoms with Crippen LogP contribution in [0.5, 0.6) is 0 Å². The fourth-order valence-corrected chi connectivity index (χ4v) is 4.22. The number of esters is 2. The van der Waals surface area contributed by atoms with Gasteiger partial charge in [-0.2, -0.15) is 4.31 Å². The van der Waals surface area contributed by atoms with Gasteiger partial charge in [0.2, 0.25) is 10.0 Å². The van der Waals surface area contributed by atoms with Gasteiger partial charge in [-0.05, 0) is 31.0 Å². The van der Waals surface area contributed by atoms with Gasteiger partial charge in [-0.3, -0.25) is 0 Å². The SMILES string of the molecule is CCCCN(CCCC)S(=O)(=O)c1ccc(Cl)c(N/C(=C/C(=O)OC)C(=O)OC)c1. The number of unbranched alkanes of at least 4 members (excludes halogenated alkanes) is 2. The monoisotopic (exact) mass is 460 g/mol. The molecule has 0 fully saturated rings. The molecular weight excluding hydrogens is 432 g/mol. The van der Waals surface area contributed by atoms with Crippen molar-refractivity contribution in [3.63, 3.8) is 0 Å². The van der Waals surface area contributed by atoms with Gasteiger partial charge >= 0.3 is 11.9 Å². The van der Waals surface area contributed by atoms with Crippen molar-refractivity contribution in [1.82, 2.24) is 4.31 Å². The number of hydrogen-bond donors (Lipinski definition) is 1. The van der Waals surface area contributed by atoms with Crippen molar-refractivity contribution in [2.24, 2.45) is 0 Å². The van der Waals surface area contributed by atoms with Crippen molar-refractivity contribution in [2.75, 3.05) is 32.6 Å². The van der Waals surface area contributed by atoms with Crippen LogP contribution < -0.4 is 5.32 Å². The Labute approximate surface area is 183 Å². The fourth-order valence-electron chi connectivity index (χ4n) is 2.51. The van der Waals surface area contributed by atoms with Gasteiger partial charge in [0.15, 0.2) is 0 Å². The number of halogens is 1. The molecule has 0 aliphatic heterocycles. The molecule has 168 valence electrons. The molecule has 0 saturated carbocycles. The highest BCUT2D eigenvalue weighted by Crippen LogP contribution is 2.28. The molecule has 30 heavy (non-hydrogen) atoms. The first-order chi connectivity index (χ1) is 14.2. The minimum absolute atomic E-state index is 0.0314. The first kappa shape index (κ1) is 25.9. The molecule has 0 heterocycles. The molecule has 0 unspecified atom stereocenters. The summed E-state index contributed by atoms with van der Waals surface area (Å²) in [5.41, 5.74) is -0.0983. The van der Waals surface area contributed by atoms with E-state index in [0.717, 1.165) is 46.0 Å². The predicted octanol–water partition coefficient (Wildman–Crippen LogP) is 3.57. The Kier molecular flexibility index (Phi) is 10.9. The number of nitrogens with zero attached hydrogens (tertiary/aromatic N) is 1. The van der Waals surface area contributed by atoms with Crippen molar-refractivity contribution in [3.8, 4) is 0 Å². The van der Waals surface area contributed by atoms with E-state index >= 15 is 0 Å². The van der Waals surface area contributed by atoms with E-state index in [2.05, 4.69) is 14.8 Å². The largest absolute Gasteiger partial charge is 0.466 e. The third-order valence-electron chi connectivity index (χ3n) is 4.24. The lowest BCUT2D eigenvalue weighted by molar-refractivity contribution is -0.138. The maximum absolute atomic E-state index is 13.2. The van der Waals surface area contributed by atoms with E-state index < -0.39 is 22.0 Å². The Balaban J connectivity index is 3.32. The quantitative estimate of drug-likeness (QED) is 0.375. The van der Waals surface area contributed by atoms with Gasteiger partial charge in [-0.15, -0.1) is 0 Å². The number of sulfonamides is 1. The van der Waals surface area contributed by atoms with Gasteiger partial charge in [0, 0.05) is 13.1 Å². The van der Waals surface area contributed by atoms with Gasteiger partial charge in [0.25, 0.3) is 0 Å². The van der Waals surface area contributed by atoms with Gasteiger partial charge in [-0.25, -0.2) is 18.0 Å². The van der Waals surface area contributed by atoms with Crippen LogP contribution in [-0.2, 0) is 29.1 Å². The molecule has 10 heteroatoms. The zero-order valence-electron chi connectivity index (χ0n) is 17.7. The Morgan fingerprint density at radius 1 is 1.10 bits per heavy atom. The van der Waals surface area contributed by atoms with Crippen LogP contribution in [0, 0.1) is 0 Å². The highest BCUT2D eigenvalue weighted by molar-refractivity contribution is 7.89. The van der Waals surface area contributed by atoms with Crippen molar-refractivity contribution in [1.29, 1.82) is 0 Å². The number of methoxy groups -OCH3 is 2. The Morgan fingerprint density at radius 3 is 2.20 bits per heavy atom. The van der Waals surface area contributed by atoms with Crippen molar-refractivity contribution >= 4 is 39.3 Å². The minimum Gasteiger partial charge on any atom is -0.466 e. The molecule has 1 aromatic rings. The van der Waals surface area contributed by atoms with Crippen LogP contribution in [-0.4, -0.2) is 52.0 Å². The molecule has 0 amide bonds. The number of carbonyl (C=O) groups excluding carboxylic acids is 2. The molecule has 0 bridgehead atoms. The Bertz CT molecular complexity index is 862. The van der Waals surface area contributed by atoms with Gasteiger partial charge in [-0.1, -0.05) is 38.3 Å². The fraction of sp³-hybridized carbons (Fsp3) is 0.500. The highest BCUT2D eigenvalue weighted by atomic mass is 35.5. The second kappa shape index (κ2) is 12.6. The topological polar surface area (TPSA) is 102 Å². The van der Waals surface area contributed by atoms with E-state index in [0.29, 0.717) is 13.1 Å². The maximum atomic E-state index is 13.2. The molecule has 1 N–H and O–H groups in total. The predicted molar refractivity (Wildman–Crippen MR) is 116 cm³/mol. The van der Waals surface area contributed by atoms with Crippen LogP contribution in [0.3, 0.4) is 0 Å². The smallest absolute Gasteiger partial charge is 0.354 e. The minimum atomic E-state index is -3.77. The molecule has 0 aromatic heterocycles. The summed E-state index contributed by atoms with van der Waals surface area (Å²) in [5.74, 6) is -1.62. The van der Waals surface area contributed by atoms with Crippen molar-refractivity contribution in [3.05, 3.63) is 35.0 Å². The number of hydrogen-bond acceptors (Lipinski definition) is 7. The summed E-state index contributed by atoms with van der Waals surface area (Å²) in [6, 6.07) is 4.16. The van der Waals surface area contributed by atoms with Crippen LogP contribution >= 0.6 is 11.6 Å². The zero-order chi connectivity index (χ0) is 22.7. The summed E-state index contributed by atoms with van der Waals surface area (Å²) in [6.45, 7) is 4.83. The van der Waals surface area contributed by atoms with Crippen LogP contribution in [0.15, 0.2) is 34.9 Å². The number of ether oxygens (including phenoxy) is 2. The summed E-state index contributed by atoms with van der Waals surface area (Å²) in [7, 11) is -1.46. The van der Waals surface area contributed by atoms with Crippen molar-refractivity contribution in [2.45, 2.75) is 44.4 Å². The summed E-state index contributed by atoms with van der Waals surface area (Å²) < 4.78 is 37.0. The molecule has 0 aliphatic rings. The molecular formula is C20H29ClN2O6S. The Hall–Kier alpha value is -2.10. The molecule has 8 nitrogen and oxygen atoms in total. The molecule has 1 rings (SSSR count). The number of benzene rings is 1. The molecule has 0 atom stereocenters. The highest BCUT2D eigenvalue weighted by Gasteiger charge is 2.25. The standard InChI is InChI=1S/C20H29ClN2O6S/c1-5-7-11-23(12-8-6-2)30(26,27)15-9-10-16(21)17(13-15)22-18(20(25)29-4)14-19(24)28-3/h9-10,13-14,22H,5-8,11-12H2,1-4H3/b18-14+. The van der Waals surface area contributed by atoms with Crippen LogP contribution in [0.4, 0.5) is 5.69 Å². The second-order valence-corrected chi connectivity index (χ2v) is 8.80. The number of rotatable bonds is 12. The van der Waals surface area contributed by atoms with E-state index in [9.17, 15) is 18.0 Å². The van der Waals surface area contributed by atoms with Crippen LogP contribution in [0.25, 0.3) is 0 Å². The molecule has 0 aliphatic carbocycles. The number of anilines is 1. The summed E-state index contributed by atoms with van der Waals surface area (Å²) in [6.07, 6.45) is 4.13. The number of nitrogens with one attached hydrogen (secondary N) is 1. The zero-order valence-corrected chi connectivity index (χ0v) is 19.3. The molecule has 1 aromatic carbocycles. The summed E-state index contributed by atoms with van der Waals surface area (Å²) in [4.78, 5) is 23.6. The van der Waals surface area contributed by atoms with E-state index in [1.54, 1.807) is 0 Å². The molecule has 0 saturated heterocycles. The molecule has 0 radical (unpaired) electrons. The van der Waals surface area contributed by atoms with Crippen molar-refractivity contribution < 1.29 is 27.5 Å². The lowest BCUT2D eigenvalue weighted by Gasteiger charge is -2.22. The van der Waals surface area contributed by atoms with E-state index in [4.69, 9.17) is 11.6 Å². The maximum Gasteiger partial charge on any atom is 0.354 e. The lowest BCUT2D eigenvalue weighted by atomic mass is 10.3. The van der Waals surface area contributed by atoms with E-state index in [-0.39, 0.29) is 21.3 Å². The van der Waals surface area contributed by atoms with Crippen LogP contribution in [0.1, 0.15) is 39.5 Å². The first-order valence-corrected chi connectivity index (χ1v) is 11.5. The summed E-state index contributed by atoms with van der Waals surface area (Å²) >= 11 is 6.19. The second-order valence-electron chi connectivity index (χ2n) is 6.45. The first-order valence-electron chi connectivity index (χ1n) is 9.65. The Morgan fingerprint density at radius 2 is 1.70 bits per heavy atom. The molecule has 0 spiro atoms. The van der Waals surface area contributed by atoms with Crippen LogP contribution in [0.2, 0.25) is 5.02 Å². The lowest BCUT2D eigenvalue weighted by Crippen LogP contribution is -2.33. The summed E-state index contributed by atoms with van der Waals surface area (Å²) in [5, 5.41) is 2.84. The van der Waals surface area contributed by atoms with Gasteiger partial charge in [0.05, 0.1) is 35.9 Å². The van der Waals surface area contributed by atoms with E-state index in [1.807, 2.05) is 13.8 Å². The van der Waals surface area contributed by atoms with Gasteiger partial charge in [0.1, 0.15) is 5.70 Å².